The first-order valence-electron chi connectivity index (χ1n) is 17.0. The second kappa shape index (κ2) is 20.5. The van der Waals surface area contributed by atoms with Crippen LogP contribution in [0.25, 0.3) is 12.2 Å². The van der Waals surface area contributed by atoms with Crippen LogP contribution in [0.15, 0.2) is 46.2 Å². The van der Waals surface area contributed by atoms with Crippen LogP contribution in [0.4, 0.5) is 41.1 Å². The predicted octanol–water partition coefficient (Wildman–Crippen LogP) is -0.902. The molecule has 0 bridgehead atoms. The molecular formula is C31H41N11O14S3. The van der Waals surface area contributed by atoms with Crippen LogP contribution >= 0.6 is 0 Å². The first-order valence-corrected chi connectivity index (χ1v) is 21.5. The van der Waals surface area contributed by atoms with Gasteiger partial charge in [0.05, 0.1) is 39.3 Å². The zero-order chi connectivity index (χ0) is 43.4. The summed E-state index contributed by atoms with van der Waals surface area (Å²) in [5.74, 6) is -1.35. The number of hydrogen-bond acceptors (Lipinski definition) is 22. The van der Waals surface area contributed by atoms with Gasteiger partial charge in [-0.1, -0.05) is 24.3 Å². The first-order chi connectivity index (χ1) is 27.9. The van der Waals surface area contributed by atoms with Crippen molar-refractivity contribution >= 4 is 83.6 Å². The van der Waals surface area contributed by atoms with Gasteiger partial charge in [-0.3, -0.25) is 13.7 Å². The van der Waals surface area contributed by atoms with Crippen LogP contribution in [-0.2, 0) is 30.4 Å². The Morgan fingerprint density at radius 3 is 1.44 bits per heavy atom. The van der Waals surface area contributed by atoms with E-state index >= 15 is 0 Å². The summed E-state index contributed by atoms with van der Waals surface area (Å²) in [4.78, 5) is 26.4. The quantitative estimate of drug-likeness (QED) is 0.0318. The van der Waals surface area contributed by atoms with E-state index in [1.165, 1.54) is 41.2 Å². The van der Waals surface area contributed by atoms with Gasteiger partial charge in [-0.25, -0.2) is 0 Å². The number of aliphatic hydroxyl groups excluding tert-OH is 4. The fourth-order valence-electron chi connectivity index (χ4n) is 5.06. The predicted molar refractivity (Wildman–Crippen MR) is 212 cm³/mol. The van der Waals surface area contributed by atoms with Crippen LogP contribution < -0.4 is 30.5 Å². The third-order valence-electron chi connectivity index (χ3n) is 7.64. The Hall–Kier alpha value is -5.43. The zero-order valence-corrected chi connectivity index (χ0v) is 33.4. The minimum atomic E-state index is -4.97. The average Bonchev–Trinajstić information content (AvgIpc) is 3.16. The number of nitrogens with one attached hydrogen (secondary N) is 3. The van der Waals surface area contributed by atoms with Crippen LogP contribution in [0.3, 0.4) is 0 Å². The molecule has 59 heavy (non-hydrogen) atoms. The summed E-state index contributed by atoms with van der Waals surface area (Å²) in [5, 5.41) is 45.9. The van der Waals surface area contributed by atoms with Crippen molar-refractivity contribution in [2.45, 2.75) is 9.79 Å². The second-order valence-electron chi connectivity index (χ2n) is 11.8. The fourth-order valence-corrected chi connectivity index (χ4v) is 6.84. The van der Waals surface area contributed by atoms with Crippen molar-refractivity contribution in [3.8, 4) is 6.01 Å². The number of benzene rings is 2. The number of aromatic nitrogens is 6. The molecule has 0 saturated carbocycles. The molecule has 0 unspecified atom stereocenters. The van der Waals surface area contributed by atoms with Gasteiger partial charge < -0.3 is 50.9 Å². The number of anilines is 7. The van der Waals surface area contributed by atoms with Crippen molar-refractivity contribution in [2.75, 3.05) is 97.8 Å². The van der Waals surface area contributed by atoms with E-state index in [2.05, 4.69) is 45.9 Å². The van der Waals surface area contributed by atoms with Crippen LogP contribution in [0.1, 0.15) is 11.1 Å². The first kappa shape index (κ1) is 46.3. The maximum atomic E-state index is 12.6. The fraction of sp³-hybridized carbons (Fsp3) is 0.355. The molecule has 0 atom stereocenters. The van der Waals surface area contributed by atoms with E-state index in [-0.39, 0.29) is 117 Å². The molecule has 25 nitrogen and oxygen atoms in total. The highest BCUT2D eigenvalue weighted by molar-refractivity contribution is 7.86. The summed E-state index contributed by atoms with van der Waals surface area (Å²) < 4.78 is 107. The van der Waals surface area contributed by atoms with Crippen LogP contribution in [0, 0.1) is 0 Å². The highest BCUT2D eigenvalue weighted by Gasteiger charge is 2.20. The standard InChI is InChI=1S/C31H41N11O14S3/c1-56-31-39-28(38-30(40-31)42(11-15-45)12-16-46)34-23-7-5-21(25(19-23)59(53,54)55)3-2-20-4-6-22(18-24(20)58(50,51)52)33-27-35-26(32-8-17-57(47,48)49)36-29(37-27)41(9-13-43)10-14-44/h2-7,18-19,43-46H,8-17H2,1H3,(H,47,48,49)(H,50,51,52)(H,53,54,55)(H,34,38,39,40)(H2,32,33,35,36,37). The van der Waals surface area contributed by atoms with Gasteiger partial charge in [-0.2, -0.15) is 55.2 Å². The third-order valence-corrected chi connectivity index (χ3v) is 10.2. The molecule has 0 aliphatic rings. The Labute approximate surface area is 337 Å². The summed E-state index contributed by atoms with van der Waals surface area (Å²) in [6, 6.07) is 7.13. The molecule has 10 N–H and O–H groups in total. The van der Waals surface area contributed by atoms with Crippen LogP contribution in [-0.4, -0.2) is 161 Å². The Balaban J connectivity index is 1.68. The number of nitrogens with zero attached hydrogens (tertiary/aromatic N) is 8. The normalized spacial score (nSPS) is 12.1. The van der Waals surface area contributed by atoms with Crippen molar-refractivity contribution in [1.29, 1.82) is 0 Å². The van der Waals surface area contributed by atoms with E-state index in [9.17, 15) is 54.8 Å². The second-order valence-corrected chi connectivity index (χ2v) is 16.2. The SMILES string of the molecule is COc1nc(Nc2ccc(C=Cc3ccc(Nc4nc(NCCS(=O)(=O)O)nc(N(CCO)CCO)n4)cc3S(=O)(=O)O)c(S(=O)(=O)O)c2)nc(N(CCO)CCO)n1. The summed E-state index contributed by atoms with van der Waals surface area (Å²) in [6.45, 7) is -1.61. The van der Waals surface area contributed by atoms with E-state index in [0.29, 0.717) is 0 Å². The van der Waals surface area contributed by atoms with E-state index in [4.69, 9.17) is 9.29 Å². The molecule has 2 heterocycles. The lowest BCUT2D eigenvalue weighted by molar-refractivity contribution is 0.279. The van der Waals surface area contributed by atoms with Gasteiger partial charge in [0.25, 0.3) is 30.4 Å². The van der Waals surface area contributed by atoms with Gasteiger partial charge in [0.1, 0.15) is 9.79 Å². The highest BCUT2D eigenvalue weighted by Crippen LogP contribution is 2.29. The summed E-state index contributed by atoms with van der Waals surface area (Å²) in [7, 11) is -13.0. The number of aliphatic hydroxyl groups is 4. The van der Waals surface area contributed by atoms with Gasteiger partial charge in [-0.15, -0.1) is 0 Å². The van der Waals surface area contributed by atoms with Crippen molar-refractivity contribution < 1.29 is 64.1 Å². The molecule has 0 amide bonds. The van der Waals surface area contributed by atoms with Crippen LogP contribution in [0.2, 0.25) is 0 Å². The monoisotopic (exact) mass is 887 g/mol. The van der Waals surface area contributed by atoms with Gasteiger partial charge in [-0.05, 0) is 35.4 Å². The van der Waals surface area contributed by atoms with Gasteiger partial charge >= 0.3 is 6.01 Å². The summed E-state index contributed by atoms with van der Waals surface area (Å²) in [5.41, 5.74) is -0.195. The maximum Gasteiger partial charge on any atom is 0.322 e. The molecule has 0 aliphatic carbocycles. The van der Waals surface area contributed by atoms with Crippen LogP contribution in [0.5, 0.6) is 6.01 Å². The smallest absolute Gasteiger partial charge is 0.322 e. The summed E-state index contributed by atoms with van der Waals surface area (Å²) >= 11 is 0. The molecule has 0 spiro atoms. The lowest BCUT2D eigenvalue weighted by atomic mass is 10.1. The maximum absolute atomic E-state index is 12.6. The Kier molecular flexibility index (Phi) is 16.1. The molecule has 4 aromatic rings. The van der Waals surface area contributed by atoms with Gasteiger partial charge in [0.15, 0.2) is 0 Å². The number of ether oxygens (including phenoxy) is 1. The topological polar surface area (TPSA) is 373 Å². The lowest BCUT2D eigenvalue weighted by Gasteiger charge is -2.21. The zero-order valence-electron chi connectivity index (χ0n) is 31.0. The molecule has 0 aliphatic heterocycles. The largest absolute Gasteiger partial charge is 0.467 e. The Morgan fingerprint density at radius 2 is 1.03 bits per heavy atom. The Morgan fingerprint density at radius 1 is 0.610 bits per heavy atom. The van der Waals surface area contributed by atoms with E-state index in [0.717, 1.165) is 24.3 Å². The van der Waals surface area contributed by atoms with Crippen molar-refractivity contribution in [3.63, 3.8) is 0 Å². The molecule has 4 rings (SSSR count). The van der Waals surface area contributed by atoms with Gasteiger partial charge in [0, 0.05) is 44.1 Å². The van der Waals surface area contributed by atoms with Crippen molar-refractivity contribution in [2.24, 2.45) is 0 Å². The molecule has 0 saturated heterocycles. The van der Waals surface area contributed by atoms with Crippen molar-refractivity contribution in [3.05, 3.63) is 47.5 Å². The number of hydrogen-bond donors (Lipinski definition) is 10. The molecule has 322 valence electrons. The van der Waals surface area contributed by atoms with Gasteiger partial charge in [0.2, 0.25) is 29.7 Å². The third kappa shape index (κ3) is 13.8. The highest BCUT2D eigenvalue weighted by atomic mass is 32.2. The molecule has 0 fully saturated rings. The number of methoxy groups -OCH3 is 1. The molecule has 0 radical (unpaired) electrons. The van der Waals surface area contributed by atoms with E-state index in [1.54, 1.807) is 0 Å². The average molecular weight is 888 g/mol. The Bertz CT molecular complexity index is 2430. The molecule has 2 aromatic carbocycles. The molecular weight excluding hydrogens is 847 g/mol. The minimum Gasteiger partial charge on any atom is -0.467 e. The lowest BCUT2D eigenvalue weighted by Crippen LogP contribution is -2.32. The van der Waals surface area contributed by atoms with E-state index < -0.39 is 45.9 Å². The molecule has 28 heteroatoms. The van der Waals surface area contributed by atoms with Crippen molar-refractivity contribution in [1.82, 2.24) is 29.9 Å². The summed E-state index contributed by atoms with van der Waals surface area (Å²) in [6.07, 6.45) is 2.32. The number of rotatable bonds is 23. The molecule has 2 aromatic heterocycles. The van der Waals surface area contributed by atoms with E-state index in [1.807, 2.05) is 0 Å². The minimum absolute atomic E-state index is 0.00492.